The van der Waals surface area contributed by atoms with E-state index in [9.17, 15) is 22.8 Å². The number of anilines is 1. The lowest BCUT2D eigenvalue weighted by molar-refractivity contribution is -0.139. The van der Waals surface area contributed by atoms with Gasteiger partial charge in [-0.2, -0.15) is 13.2 Å². The van der Waals surface area contributed by atoms with Gasteiger partial charge in [-0.05, 0) is 32.4 Å². The Morgan fingerprint density at radius 2 is 1.84 bits per heavy atom. The zero-order chi connectivity index (χ0) is 19.0. The van der Waals surface area contributed by atoms with Crippen LogP contribution in [0.2, 0.25) is 0 Å². The number of carbonyl (C=O) groups is 2. The number of likely N-dealkylation sites (N-methyl/N-ethyl adjacent to an activating group) is 1. The van der Waals surface area contributed by atoms with Gasteiger partial charge in [-0.3, -0.25) is 9.59 Å². The summed E-state index contributed by atoms with van der Waals surface area (Å²) < 4.78 is 37.7. The van der Waals surface area contributed by atoms with Gasteiger partial charge in [0.15, 0.2) is 0 Å². The number of halogens is 5. The molecule has 1 aliphatic carbocycles. The molecule has 9 heteroatoms. The minimum atomic E-state index is -4.59. The van der Waals surface area contributed by atoms with E-state index in [1.54, 1.807) is 13.8 Å². The standard InChI is InChI=1S/C16H17Cl2F3N2O2/c1-3-23(13(25)14(2)9-15(14,17)18)8-12(24)22-11-7-5-4-6-10(11)16(19,20)21/h4-7H,3,8-9H2,1-2H3,(H,22,24)/t14-/m1/s1. The first-order valence-electron chi connectivity index (χ1n) is 7.55. The lowest BCUT2D eigenvalue weighted by atomic mass is 10.1. The molecule has 1 aliphatic rings. The third kappa shape index (κ3) is 4.03. The summed E-state index contributed by atoms with van der Waals surface area (Å²) in [6.45, 7) is 3.06. The molecule has 1 fully saturated rings. The fourth-order valence-electron chi connectivity index (χ4n) is 2.51. The van der Waals surface area contributed by atoms with Gasteiger partial charge in [0.2, 0.25) is 11.8 Å². The molecule has 2 amide bonds. The third-order valence-corrected chi connectivity index (χ3v) is 5.34. The van der Waals surface area contributed by atoms with Crippen molar-refractivity contribution < 1.29 is 22.8 Å². The van der Waals surface area contributed by atoms with E-state index in [1.807, 2.05) is 0 Å². The van der Waals surface area contributed by atoms with Gasteiger partial charge in [0.05, 0.1) is 23.2 Å². The van der Waals surface area contributed by atoms with E-state index in [0.717, 1.165) is 12.1 Å². The van der Waals surface area contributed by atoms with Crippen LogP contribution in [-0.2, 0) is 15.8 Å². The van der Waals surface area contributed by atoms with E-state index in [4.69, 9.17) is 23.2 Å². The highest BCUT2D eigenvalue weighted by atomic mass is 35.5. The van der Waals surface area contributed by atoms with Crippen molar-refractivity contribution in [3.8, 4) is 0 Å². The van der Waals surface area contributed by atoms with Crippen molar-refractivity contribution >= 4 is 40.7 Å². The van der Waals surface area contributed by atoms with Gasteiger partial charge >= 0.3 is 6.18 Å². The van der Waals surface area contributed by atoms with Crippen LogP contribution in [0.1, 0.15) is 25.8 Å². The zero-order valence-electron chi connectivity index (χ0n) is 13.6. The van der Waals surface area contributed by atoms with Crippen LogP contribution >= 0.6 is 23.2 Å². The van der Waals surface area contributed by atoms with Crippen molar-refractivity contribution in [1.82, 2.24) is 4.90 Å². The van der Waals surface area contributed by atoms with Crippen LogP contribution < -0.4 is 5.32 Å². The fraction of sp³-hybridized carbons (Fsp3) is 0.500. The largest absolute Gasteiger partial charge is 0.418 e. The summed E-state index contributed by atoms with van der Waals surface area (Å²) in [5.74, 6) is -1.13. The van der Waals surface area contributed by atoms with Crippen LogP contribution in [0.15, 0.2) is 24.3 Å². The highest BCUT2D eigenvalue weighted by Crippen LogP contribution is 2.64. The normalized spacial score (nSPS) is 21.6. The molecule has 2 rings (SSSR count). The van der Waals surface area contributed by atoms with Gasteiger partial charge in [0.25, 0.3) is 0 Å². The Morgan fingerprint density at radius 3 is 2.32 bits per heavy atom. The van der Waals surface area contributed by atoms with Crippen molar-refractivity contribution in [2.45, 2.75) is 30.8 Å². The molecule has 0 spiro atoms. The maximum Gasteiger partial charge on any atom is 0.418 e. The van der Waals surface area contributed by atoms with Crippen molar-refractivity contribution in [2.24, 2.45) is 5.41 Å². The summed E-state index contributed by atoms with van der Waals surface area (Å²) in [5.41, 5.74) is -2.30. The number of rotatable bonds is 5. The van der Waals surface area contributed by atoms with Crippen LogP contribution in [0.3, 0.4) is 0 Å². The fourth-order valence-corrected chi connectivity index (χ4v) is 3.21. The third-order valence-electron chi connectivity index (χ3n) is 4.24. The van der Waals surface area contributed by atoms with E-state index in [0.29, 0.717) is 0 Å². The first-order valence-corrected chi connectivity index (χ1v) is 8.31. The highest BCUT2D eigenvalue weighted by Gasteiger charge is 2.68. The van der Waals surface area contributed by atoms with Gasteiger partial charge in [0.1, 0.15) is 4.33 Å². The number of hydrogen-bond donors (Lipinski definition) is 1. The molecule has 0 unspecified atom stereocenters. The number of carbonyl (C=O) groups excluding carboxylic acids is 2. The second kappa shape index (κ2) is 6.68. The first-order chi connectivity index (χ1) is 11.4. The second-order valence-electron chi connectivity index (χ2n) is 6.12. The van der Waals surface area contributed by atoms with Crippen molar-refractivity contribution in [3.05, 3.63) is 29.8 Å². The average Bonchev–Trinajstić information content (AvgIpc) is 3.03. The molecule has 1 N–H and O–H groups in total. The van der Waals surface area contributed by atoms with Gasteiger partial charge in [-0.15, -0.1) is 23.2 Å². The number of nitrogens with one attached hydrogen (secondary N) is 1. The Labute approximate surface area is 153 Å². The number of benzene rings is 1. The molecule has 1 saturated carbocycles. The van der Waals surface area contributed by atoms with Crippen LogP contribution in [0.25, 0.3) is 0 Å². The molecule has 0 aromatic heterocycles. The smallest absolute Gasteiger partial charge is 0.333 e. The Balaban J connectivity index is 2.09. The van der Waals surface area contributed by atoms with Crippen LogP contribution in [0.5, 0.6) is 0 Å². The molecular weight excluding hydrogens is 380 g/mol. The Kier molecular flexibility index (Phi) is 5.31. The number of alkyl halides is 5. The molecule has 1 aromatic rings. The summed E-state index contributed by atoms with van der Waals surface area (Å²) in [4.78, 5) is 25.8. The first kappa shape index (κ1) is 19.8. The molecule has 4 nitrogen and oxygen atoms in total. The maximum atomic E-state index is 13.0. The Hall–Kier alpha value is -1.47. The molecule has 25 heavy (non-hydrogen) atoms. The number of hydrogen-bond acceptors (Lipinski definition) is 2. The monoisotopic (exact) mass is 396 g/mol. The minimum absolute atomic E-state index is 0.201. The van der Waals surface area contributed by atoms with E-state index in [-0.39, 0.29) is 25.2 Å². The van der Waals surface area contributed by atoms with Crippen molar-refractivity contribution in [1.29, 1.82) is 0 Å². The van der Waals surface area contributed by atoms with E-state index in [2.05, 4.69) is 5.32 Å². The summed E-state index contributed by atoms with van der Waals surface area (Å²) >= 11 is 11.9. The van der Waals surface area contributed by atoms with Gasteiger partial charge in [0, 0.05) is 6.54 Å². The Morgan fingerprint density at radius 1 is 1.28 bits per heavy atom. The SMILES string of the molecule is CCN(CC(=O)Nc1ccccc1C(F)(F)F)C(=O)[C@@]1(C)CC1(Cl)Cl. The zero-order valence-corrected chi connectivity index (χ0v) is 15.1. The molecule has 0 saturated heterocycles. The average molecular weight is 397 g/mol. The molecule has 0 heterocycles. The molecule has 1 atom stereocenters. The van der Waals surface area contributed by atoms with Crippen LogP contribution in [-0.4, -0.2) is 34.1 Å². The van der Waals surface area contributed by atoms with Gasteiger partial charge in [-0.1, -0.05) is 12.1 Å². The number of amides is 2. The maximum absolute atomic E-state index is 13.0. The van der Waals surface area contributed by atoms with E-state index >= 15 is 0 Å². The molecule has 1 aromatic carbocycles. The summed E-state index contributed by atoms with van der Waals surface area (Å²) in [6.07, 6.45) is -4.33. The predicted molar refractivity (Wildman–Crippen MR) is 89.5 cm³/mol. The van der Waals surface area contributed by atoms with Crippen LogP contribution in [0.4, 0.5) is 18.9 Å². The minimum Gasteiger partial charge on any atom is -0.333 e. The van der Waals surface area contributed by atoms with E-state index < -0.39 is 33.3 Å². The molecule has 138 valence electrons. The number of nitrogens with zero attached hydrogens (tertiary/aromatic N) is 1. The van der Waals surface area contributed by atoms with E-state index in [1.165, 1.54) is 17.0 Å². The lowest BCUT2D eigenvalue weighted by Gasteiger charge is -2.25. The van der Waals surface area contributed by atoms with Gasteiger partial charge < -0.3 is 10.2 Å². The topological polar surface area (TPSA) is 49.4 Å². The van der Waals surface area contributed by atoms with Gasteiger partial charge in [-0.25, -0.2) is 0 Å². The Bertz CT molecular complexity index is 694. The summed E-state index contributed by atoms with van der Waals surface area (Å²) in [6, 6.07) is 4.64. The molecular formula is C16H17Cl2F3N2O2. The van der Waals surface area contributed by atoms with Crippen molar-refractivity contribution in [3.63, 3.8) is 0 Å². The quantitative estimate of drug-likeness (QED) is 0.762. The molecule has 0 bridgehead atoms. The van der Waals surface area contributed by atoms with Crippen molar-refractivity contribution in [2.75, 3.05) is 18.4 Å². The summed E-state index contributed by atoms with van der Waals surface area (Å²) in [7, 11) is 0. The number of para-hydroxylation sites is 1. The predicted octanol–water partition coefficient (Wildman–Crippen LogP) is 4.08. The summed E-state index contributed by atoms with van der Waals surface area (Å²) in [5, 5.41) is 2.21. The molecule has 0 aliphatic heterocycles. The molecule has 0 radical (unpaired) electrons. The lowest BCUT2D eigenvalue weighted by Crippen LogP contribution is -2.42. The van der Waals surface area contributed by atoms with Crippen LogP contribution in [0, 0.1) is 5.41 Å². The highest BCUT2D eigenvalue weighted by molar-refractivity contribution is 6.53. The second-order valence-corrected chi connectivity index (χ2v) is 7.61.